The topological polar surface area (TPSA) is 21.7 Å². The summed E-state index contributed by atoms with van der Waals surface area (Å²) in [6.45, 7) is 20.3. The molecule has 0 saturated carbocycles. The minimum Gasteiger partial charge on any atom is -0.456 e. The molecule has 0 saturated heterocycles. The van der Waals surface area contributed by atoms with Gasteiger partial charge in [0.1, 0.15) is 23.0 Å². The van der Waals surface area contributed by atoms with Gasteiger partial charge in [0.2, 0.25) is 0 Å². The van der Waals surface area contributed by atoms with Crippen LogP contribution in [0.3, 0.4) is 0 Å². The molecular weight excluding hydrogens is 589 g/mol. The Kier molecular flexibility index (Phi) is 5.78. The van der Waals surface area contributed by atoms with Gasteiger partial charge in [-0.1, -0.05) is 104 Å². The predicted octanol–water partition coefficient (Wildman–Crippen LogP) is 10.5. The summed E-state index contributed by atoms with van der Waals surface area (Å²) in [6, 6.07) is 26.5. The first-order chi connectivity index (χ1) is 21.0. The van der Waals surface area contributed by atoms with Gasteiger partial charge >= 0.3 is 0 Å². The minimum atomic E-state index is -2.57. The molecule has 5 aromatic rings. The highest BCUT2D eigenvalue weighted by atomic mass is 32.4. The van der Waals surface area contributed by atoms with E-state index < -0.39 is 6.04 Å². The van der Waals surface area contributed by atoms with Gasteiger partial charge in [0.15, 0.2) is 0 Å². The fraction of sp³-hybridized carbons (Fsp3) is 0.300. The standard InChI is InChI=1S/C40H40NO2PS/c1-38(2,3)25-17-29-35-31(19-25)42-33-21-27(40(7,8)9)22-34-37(33)44(35,45)36-30(18-26(39(4,5)6)20-32(36)43-34)41(29)28-15-14-23-12-10-11-13-24(23)16-28/h10-22H,1-9H3. The Bertz CT molecular complexity index is 2060. The van der Waals surface area contributed by atoms with E-state index in [1.807, 2.05) is 0 Å². The number of hydrogen-bond donors (Lipinski definition) is 0. The van der Waals surface area contributed by atoms with Gasteiger partial charge in [0.25, 0.3) is 0 Å². The van der Waals surface area contributed by atoms with E-state index in [-0.39, 0.29) is 16.2 Å². The lowest BCUT2D eigenvalue weighted by molar-refractivity contribution is 0.457. The van der Waals surface area contributed by atoms with Crippen molar-refractivity contribution >= 4 is 61.6 Å². The molecule has 0 aliphatic carbocycles. The number of rotatable bonds is 1. The van der Waals surface area contributed by atoms with Crippen molar-refractivity contribution in [1.82, 2.24) is 0 Å². The number of fused-ring (bicyclic) bond motifs is 1. The zero-order valence-electron chi connectivity index (χ0n) is 27.6. The van der Waals surface area contributed by atoms with E-state index in [0.717, 1.165) is 56.0 Å². The third-order valence-electron chi connectivity index (χ3n) is 9.61. The van der Waals surface area contributed by atoms with Crippen LogP contribution in [0, 0.1) is 0 Å². The first kappa shape index (κ1) is 28.9. The Morgan fingerprint density at radius 2 is 0.933 bits per heavy atom. The molecular formula is C40H40NO2PS. The fourth-order valence-electron chi connectivity index (χ4n) is 6.96. The summed E-state index contributed by atoms with van der Waals surface area (Å²) in [4.78, 5) is 2.44. The van der Waals surface area contributed by atoms with Crippen LogP contribution in [0.5, 0.6) is 23.0 Å². The Labute approximate surface area is 272 Å². The van der Waals surface area contributed by atoms with Crippen LogP contribution in [0.1, 0.15) is 79.0 Å². The Hall–Kier alpha value is -3.59. The maximum Gasteiger partial charge on any atom is 0.140 e. The molecule has 0 aromatic heterocycles. The average molecular weight is 630 g/mol. The fourth-order valence-corrected chi connectivity index (χ4v) is 11.9. The molecule has 3 nitrogen and oxygen atoms in total. The van der Waals surface area contributed by atoms with Crippen molar-refractivity contribution in [1.29, 1.82) is 0 Å². The smallest absolute Gasteiger partial charge is 0.140 e. The van der Waals surface area contributed by atoms with Crippen molar-refractivity contribution in [2.75, 3.05) is 4.90 Å². The molecule has 0 N–H and O–H groups in total. The van der Waals surface area contributed by atoms with Gasteiger partial charge in [-0.2, -0.15) is 0 Å². The second-order valence-electron chi connectivity index (χ2n) is 15.9. The van der Waals surface area contributed by atoms with Gasteiger partial charge in [-0.25, -0.2) is 0 Å². The van der Waals surface area contributed by atoms with Gasteiger partial charge in [-0.3, -0.25) is 0 Å². The number of anilines is 3. The SMILES string of the molecule is CC(C)(C)c1cc2c3c(c1)Oc1cc(C(C)(C)C)cc4c1P3(=S)c1c(cc(C(C)(C)C)cc1N4c1ccc3ccccc3c1)O2. The monoisotopic (exact) mass is 629 g/mol. The van der Waals surface area contributed by atoms with Crippen molar-refractivity contribution in [2.45, 2.75) is 78.6 Å². The molecule has 3 aliphatic heterocycles. The van der Waals surface area contributed by atoms with Crippen molar-refractivity contribution in [3.8, 4) is 23.0 Å². The molecule has 0 amide bonds. The minimum absolute atomic E-state index is 0.0812. The van der Waals surface area contributed by atoms with Gasteiger partial charge in [-0.05, 0) is 92.2 Å². The third-order valence-corrected chi connectivity index (χ3v) is 14.5. The summed E-state index contributed by atoms with van der Waals surface area (Å²) in [6.07, 6.45) is 0. The van der Waals surface area contributed by atoms with Crippen LogP contribution in [0.4, 0.5) is 17.1 Å². The van der Waals surface area contributed by atoms with Crippen molar-refractivity contribution in [2.24, 2.45) is 0 Å². The first-order valence-electron chi connectivity index (χ1n) is 15.9. The molecule has 0 bridgehead atoms. The lowest BCUT2D eigenvalue weighted by atomic mass is 9.85. The van der Waals surface area contributed by atoms with Crippen molar-refractivity contribution < 1.29 is 9.47 Å². The van der Waals surface area contributed by atoms with E-state index >= 15 is 0 Å². The van der Waals surface area contributed by atoms with Crippen LogP contribution in [-0.4, -0.2) is 0 Å². The number of hydrogen-bond acceptors (Lipinski definition) is 4. The van der Waals surface area contributed by atoms with E-state index in [2.05, 4.69) is 146 Å². The van der Waals surface area contributed by atoms with Gasteiger partial charge < -0.3 is 14.4 Å². The highest BCUT2D eigenvalue weighted by Gasteiger charge is 2.51. The lowest BCUT2D eigenvalue weighted by Crippen LogP contribution is -2.43. The number of nitrogens with zero attached hydrogens (tertiary/aromatic N) is 1. The van der Waals surface area contributed by atoms with E-state index in [9.17, 15) is 0 Å². The van der Waals surface area contributed by atoms with Crippen molar-refractivity contribution in [3.63, 3.8) is 0 Å². The van der Waals surface area contributed by atoms with Gasteiger partial charge in [0.05, 0.1) is 33.3 Å². The molecule has 0 spiro atoms. The Morgan fingerprint density at radius 3 is 1.40 bits per heavy atom. The molecule has 5 heteroatoms. The molecule has 45 heavy (non-hydrogen) atoms. The van der Waals surface area contributed by atoms with E-state index in [4.69, 9.17) is 21.3 Å². The number of ether oxygens (including phenoxy) is 2. The van der Waals surface area contributed by atoms with Crippen LogP contribution < -0.4 is 30.3 Å². The maximum absolute atomic E-state index is 7.10. The normalized spacial score (nSPS) is 15.8. The van der Waals surface area contributed by atoms with E-state index in [0.29, 0.717) is 0 Å². The van der Waals surface area contributed by atoms with Crippen LogP contribution in [0.15, 0.2) is 78.9 Å². The van der Waals surface area contributed by atoms with E-state index in [1.54, 1.807) is 0 Å². The van der Waals surface area contributed by atoms with Gasteiger partial charge in [0, 0.05) is 5.69 Å². The molecule has 3 aliphatic rings. The lowest BCUT2D eigenvalue weighted by Gasteiger charge is -2.47. The average Bonchev–Trinajstić information content (AvgIpc) is 2.94. The Balaban J connectivity index is 1.54. The van der Waals surface area contributed by atoms with Crippen molar-refractivity contribution in [3.05, 3.63) is 95.6 Å². The molecule has 5 aromatic carbocycles. The van der Waals surface area contributed by atoms with E-state index in [1.165, 1.54) is 27.5 Å². The summed E-state index contributed by atoms with van der Waals surface area (Å²) in [5.74, 6) is 3.46. The maximum atomic E-state index is 7.10. The molecule has 3 heterocycles. The molecule has 8 rings (SSSR count). The second kappa shape index (κ2) is 9.02. The zero-order valence-corrected chi connectivity index (χ0v) is 29.3. The van der Waals surface area contributed by atoms with Crippen LogP contribution in [0.2, 0.25) is 0 Å². The molecule has 0 radical (unpaired) electrons. The van der Waals surface area contributed by atoms with Crippen LogP contribution in [0.25, 0.3) is 10.8 Å². The van der Waals surface area contributed by atoms with Crippen LogP contribution >= 0.6 is 6.04 Å². The number of benzene rings is 5. The summed E-state index contributed by atoms with van der Waals surface area (Å²) >= 11 is 7.10. The summed E-state index contributed by atoms with van der Waals surface area (Å²) in [5, 5.41) is 5.75. The van der Waals surface area contributed by atoms with Crippen LogP contribution in [-0.2, 0) is 28.1 Å². The van der Waals surface area contributed by atoms with Gasteiger partial charge in [-0.15, -0.1) is 0 Å². The predicted molar refractivity (Wildman–Crippen MR) is 195 cm³/mol. The molecule has 0 unspecified atom stereocenters. The summed E-state index contributed by atoms with van der Waals surface area (Å²) in [5.41, 5.74) is 6.72. The summed E-state index contributed by atoms with van der Waals surface area (Å²) in [7, 11) is 0. The largest absolute Gasteiger partial charge is 0.456 e. The second-order valence-corrected chi connectivity index (χ2v) is 20.1. The summed E-state index contributed by atoms with van der Waals surface area (Å²) < 4.78 is 13.9. The third kappa shape index (κ3) is 4.11. The Morgan fingerprint density at radius 1 is 0.511 bits per heavy atom. The highest BCUT2D eigenvalue weighted by molar-refractivity contribution is 8.26. The molecule has 0 atom stereocenters. The zero-order chi connectivity index (χ0) is 31.8. The first-order valence-corrected chi connectivity index (χ1v) is 18.7. The molecule has 0 fully saturated rings. The quantitative estimate of drug-likeness (QED) is 0.168. The highest BCUT2D eigenvalue weighted by Crippen LogP contribution is 2.66. The molecule has 228 valence electrons.